The van der Waals surface area contributed by atoms with Gasteiger partial charge in [-0.1, -0.05) is 97.1 Å². The third-order valence-corrected chi connectivity index (χ3v) is 9.39. The van der Waals surface area contributed by atoms with Crippen LogP contribution in [-0.4, -0.2) is 9.55 Å². The van der Waals surface area contributed by atoms with Crippen molar-refractivity contribution >= 4 is 65.7 Å². The zero-order valence-corrected chi connectivity index (χ0v) is 25.0. The average Bonchev–Trinajstić information content (AvgIpc) is 3.78. The second-order valence-corrected chi connectivity index (χ2v) is 12.0. The first-order valence-electron chi connectivity index (χ1n) is 15.5. The predicted molar refractivity (Wildman–Crippen MR) is 189 cm³/mol. The Hall–Kier alpha value is -6.13. The van der Waals surface area contributed by atoms with Crippen LogP contribution in [0.2, 0.25) is 0 Å². The maximum absolute atomic E-state index is 6.54. The molecule has 0 saturated heterocycles. The maximum atomic E-state index is 6.54. The lowest BCUT2D eigenvalue weighted by molar-refractivity contribution is 0.658. The molecule has 46 heavy (non-hydrogen) atoms. The lowest BCUT2D eigenvalue weighted by Crippen LogP contribution is -1.91. The number of benzene rings is 7. The molecule has 0 bridgehead atoms. The molecule has 7 aromatic carbocycles. The summed E-state index contributed by atoms with van der Waals surface area (Å²) in [4.78, 5) is 5.00. The van der Waals surface area contributed by atoms with Crippen LogP contribution >= 0.6 is 0 Å². The molecule has 10 aromatic rings. The molecule has 0 atom stereocenters. The van der Waals surface area contributed by atoms with E-state index in [2.05, 4.69) is 121 Å². The van der Waals surface area contributed by atoms with Crippen molar-refractivity contribution in [1.29, 1.82) is 0 Å². The highest BCUT2D eigenvalue weighted by atomic mass is 16.3. The monoisotopic (exact) mass is 590 g/mol. The second kappa shape index (κ2) is 9.43. The molecule has 0 spiro atoms. The van der Waals surface area contributed by atoms with E-state index in [1.807, 2.05) is 30.3 Å². The molecule has 3 aromatic heterocycles. The molecule has 0 fully saturated rings. The van der Waals surface area contributed by atoms with Crippen molar-refractivity contribution in [2.24, 2.45) is 7.05 Å². The molecular formula is C42H26N2O2. The average molecular weight is 591 g/mol. The summed E-state index contributed by atoms with van der Waals surface area (Å²) in [5.74, 6) is 0.969. The molecule has 10 rings (SSSR count). The first kappa shape index (κ1) is 25.2. The largest absolute Gasteiger partial charge is 0.455 e. The first-order chi connectivity index (χ1) is 22.7. The number of hydrogen-bond acceptors (Lipinski definition) is 3. The predicted octanol–water partition coefficient (Wildman–Crippen LogP) is 11.5. The number of nitrogens with zero attached hydrogens (tertiary/aromatic N) is 2. The molecule has 0 N–H and O–H groups in total. The van der Waals surface area contributed by atoms with Crippen molar-refractivity contribution in [3.63, 3.8) is 0 Å². The molecule has 4 heteroatoms. The zero-order chi connectivity index (χ0) is 30.4. The Balaban J connectivity index is 1.12. The van der Waals surface area contributed by atoms with Crippen LogP contribution in [0.5, 0.6) is 0 Å². The summed E-state index contributed by atoms with van der Waals surface area (Å²) in [5.41, 5.74) is 11.0. The highest BCUT2D eigenvalue weighted by Crippen LogP contribution is 2.45. The molecule has 3 heterocycles. The van der Waals surface area contributed by atoms with Gasteiger partial charge in [-0.3, -0.25) is 0 Å². The summed E-state index contributed by atoms with van der Waals surface area (Å²) in [6, 6.07) is 48.9. The summed E-state index contributed by atoms with van der Waals surface area (Å²) in [5, 5.41) is 6.74. The van der Waals surface area contributed by atoms with Crippen molar-refractivity contribution in [3.05, 3.63) is 140 Å². The van der Waals surface area contributed by atoms with E-state index in [9.17, 15) is 0 Å². The van der Waals surface area contributed by atoms with Gasteiger partial charge in [0.25, 0.3) is 0 Å². The molecule has 0 radical (unpaired) electrons. The quantitative estimate of drug-likeness (QED) is 0.206. The zero-order valence-electron chi connectivity index (χ0n) is 25.0. The summed E-state index contributed by atoms with van der Waals surface area (Å²) >= 11 is 0. The van der Waals surface area contributed by atoms with Crippen LogP contribution in [0.3, 0.4) is 0 Å². The van der Waals surface area contributed by atoms with Gasteiger partial charge < -0.3 is 13.4 Å². The van der Waals surface area contributed by atoms with Gasteiger partial charge in [0.05, 0.1) is 16.6 Å². The highest BCUT2D eigenvalue weighted by molar-refractivity contribution is 6.22. The van der Waals surface area contributed by atoms with Gasteiger partial charge in [-0.25, -0.2) is 4.98 Å². The van der Waals surface area contributed by atoms with Crippen molar-refractivity contribution in [2.75, 3.05) is 0 Å². The van der Waals surface area contributed by atoms with E-state index < -0.39 is 0 Å². The third-order valence-electron chi connectivity index (χ3n) is 9.39. The van der Waals surface area contributed by atoms with Crippen molar-refractivity contribution in [3.8, 4) is 33.6 Å². The number of fused-ring (bicyclic) bond motifs is 8. The fraction of sp³-hybridized carbons (Fsp3) is 0.0238. The minimum Gasteiger partial charge on any atom is -0.455 e. The minimum atomic E-state index is 0.849. The van der Waals surface area contributed by atoms with Gasteiger partial charge in [0.1, 0.15) is 28.2 Å². The van der Waals surface area contributed by atoms with E-state index in [0.29, 0.717) is 0 Å². The number of hydrogen-bond donors (Lipinski definition) is 0. The van der Waals surface area contributed by atoms with Gasteiger partial charge in [-0.15, -0.1) is 0 Å². The molecule has 216 valence electrons. The maximum Gasteiger partial charge on any atom is 0.147 e. The Morgan fingerprint density at radius 2 is 1.04 bits per heavy atom. The van der Waals surface area contributed by atoms with Crippen LogP contribution in [0.15, 0.2) is 148 Å². The van der Waals surface area contributed by atoms with E-state index in [1.54, 1.807) is 0 Å². The number of aromatic nitrogens is 2. The standard InChI is InChI=1S/C42H26N2O2/c1-44-36-20-19-29(23-35(36)43-42(44)25-9-3-2-4-10-25)27-15-16-28-22-30(18-17-26(28)21-27)39-40-33(31-11-5-7-13-37(31)45-40)24-34-32-12-6-8-14-38(32)46-41(34)39/h2-24H,1H3. The van der Waals surface area contributed by atoms with Crippen molar-refractivity contribution < 1.29 is 8.83 Å². The Kier molecular flexibility index (Phi) is 5.17. The Bertz CT molecular complexity index is 2730. The second-order valence-electron chi connectivity index (χ2n) is 12.0. The van der Waals surface area contributed by atoms with Crippen LogP contribution in [-0.2, 0) is 7.05 Å². The summed E-state index contributed by atoms with van der Waals surface area (Å²) in [7, 11) is 2.08. The molecule has 0 saturated carbocycles. The van der Waals surface area contributed by atoms with Crippen LogP contribution in [0.1, 0.15) is 0 Å². The molecule has 0 aliphatic rings. The lowest BCUT2D eigenvalue weighted by Gasteiger charge is -2.09. The topological polar surface area (TPSA) is 44.1 Å². The van der Waals surface area contributed by atoms with Crippen LogP contribution in [0.4, 0.5) is 0 Å². The van der Waals surface area contributed by atoms with Crippen molar-refractivity contribution in [2.45, 2.75) is 0 Å². The number of rotatable bonds is 3. The van der Waals surface area contributed by atoms with Gasteiger partial charge in [0.15, 0.2) is 0 Å². The Morgan fingerprint density at radius 1 is 0.478 bits per heavy atom. The summed E-state index contributed by atoms with van der Waals surface area (Å²) in [6.07, 6.45) is 0. The van der Waals surface area contributed by atoms with Gasteiger partial charge in [-0.05, 0) is 69.9 Å². The molecule has 0 amide bonds. The first-order valence-corrected chi connectivity index (χ1v) is 15.5. The Labute approximate surface area is 263 Å². The summed E-state index contributed by atoms with van der Waals surface area (Å²) < 4.78 is 15.2. The summed E-state index contributed by atoms with van der Waals surface area (Å²) in [6.45, 7) is 0. The molecule has 0 aliphatic carbocycles. The van der Waals surface area contributed by atoms with Gasteiger partial charge in [0, 0.05) is 34.2 Å². The fourth-order valence-electron chi connectivity index (χ4n) is 7.10. The van der Waals surface area contributed by atoms with E-state index >= 15 is 0 Å². The Morgan fingerprint density at radius 3 is 1.74 bits per heavy atom. The van der Waals surface area contributed by atoms with Gasteiger partial charge in [0.2, 0.25) is 0 Å². The van der Waals surface area contributed by atoms with Crippen LogP contribution in [0, 0.1) is 0 Å². The number of para-hydroxylation sites is 2. The highest BCUT2D eigenvalue weighted by Gasteiger charge is 2.21. The minimum absolute atomic E-state index is 0.849. The van der Waals surface area contributed by atoms with E-state index in [-0.39, 0.29) is 0 Å². The molecule has 0 unspecified atom stereocenters. The molecule has 0 aliphatic heterocycles. The van der Waals surface area contributed by atoms with Crippen LogP contribution in [0.25, 0.3) is 99.3 Å². The van der Waals surface area contributed by atoms with Crippen molar-refractivity contribution in [1.82, 2.24) is 9.55 Å². The number of furan rings is 2. The van der Waals surface area contributed by atoms with Crippen LogP contribution < -0.4 is 0 Å². The molecular weight excluding hydrogens is 564 g/mol. The SMILES string of the molecule is Cn1c(-c2ccccc2)nc2cc(-c3ccc4cc(-c5c6oc7ccccc7c6cc6c5oc5ccccc56)ccc4c3)ccc21. The van der Waals surface area contributed by atoms with Gasteiger partial charge in [-0.2, -0.15) is 0 Å². The number of imidazole rings is 1. The van der Waals surface area contributed by atoms with E-state index in [4.69, 9.17) is 13.8 Å². The normalized spacial score (nSPS) is 12.0. The fourth-order valence-corrected chi connectivity index (χ4v) is 7.10. The third kappa shape index (κ3) is 3.64. The smallest absolute Gasteiger partial charge is 0.147 e. The van der Waals surface area contributed by atoms with E-state index in [1.165, 1.54) is 5.39 Å². The van der Waals surface area contributed by atoms with Gasteiger partial charge >= 0.3 is 0 Å². The van der Waals surface area contributed by atoms with E-state index in [0.717, 1.165) is 93.9 Å². The number of aryl methyl sites for hydroxylation is 1. The molecule has 4 nitrogen and oxygen atoms in total. The lowest BCUT2D eigenvalue weighted by atomic mass is 9.95.